The van der Waals surface area contributed by atoms with E-state index < -0.39 is 6.03 Å². The monoisotopic (exact) mass is 270 g/mol. The SMILES string of the molecule is CCCCC(CNC(N)=O)c1ccc2ccccc2c1. The minimum atomic E-state index is -0.452. The van der Waals surface area contributed by atoms with Gasteiger partial charge in [-0.25, -0.2) is 4.79 Å². The second kappa shape index (κ2) is 6.94. The van der Waals surface area contributed by atoms with Crippen molar-refractivity contribution in [1.82, 2.24) is 5.32 Å². The van der Waals surface area contributed by atoms with E-state index in [1.54, 1.807) is 0 Å². The third-order valence-corrected chi connectivity index (χ3v) is 3.67. The lowest BCUT2D eigenvalue weighted by molar-refractivity contribution is 0.248. The van der Waals surface area contributed by atoms with Gasteiger partial charge in [-0.1, -0.05) is 62.2 Å². The van der Waals surface area contributed by atoms with Crippen molar-refractivity contribution in [3.05, 3.63) is 48.0 Å². The molecule has 0 bridgehead atoms. The molecule has 2 amide bonds. The van der Waals surface area contributed by atoms with Crippen LogP contribution in [-0.4, -0.2) is 12.6 Å². The Labute approximate surface area is 120 Å². The quantitative estimate of drug-likeness (QED) is 0.824. The molecule has 3 heteroatoms. The number of benzene rings is 2. The van der Waals surface area contributed by atoms with E-state index in [-0.39, 0.29) is 0 Å². The molecule has 3 nitrogen and oxygen atoms in total. The number of hydrogen-bond acceptors (Lipinski definition) is 1. The van der Waals surface area contributed by atoms with E-state index >= 15 is 0 Å². The maximum Gasteiger partial charge on any atom is 0.312 e. The zero-order valence-electron chi connectivity index (χ0n) is 11.9. The molecule has 0 aliphatic carbocycles. The fourth-order valence-corrected chi connectivity index (χ4v) is 2.52. The maximum absolute atomic E-state index is 10.9. The van der Waals surface area contributed by atoms with Gasteiger partial charge in [0.2, 0.25) is 0 Å². The third kappa shape index (κ3) is 3.73. The van der Waals surface area contributed by atoms with Gasteiger partial charge in [-0.3, -0.25) is 0 Å². The van der Waals surface area contributed by atoms with Crippen molar-refractivity contribution in [2.45, 2.75) is 32.1 Å². The molecule has 0 fully saturated rings. The maximum atomic E-state index is 10.9. The lowest BCUT2D eigenvalue weighted by atomic mass is 9.92. The second-order valence-corrected chi connectivity index (χ2v) is 5.19. The molecule has 3 N–H and O–H groups in total. The Morgan fingerprint density at radius 1 is 1.20 bits per heavy atom. The van der Waals surface area contributed by atoms with Crippen molar-refractivity contribution in [3.8, 4) is 0 Å². The Morgan fingerprint density at radius 2 is 1.95 bits per heavy atom. The van der Waals surface area contributed by atoms with Crippen LogP contribution in [0.5, 0.6) is 0 Å². The van der Waals surface area contributed by atoms with Crippen LogP contribution in [-0.2, 0) is 0 Å². The number of carbonyl (C=O) groups excluding carboxylic acids is 1. The van der Waals surface area contributed by atoms with Gasteiger partial charge in [0.05, 0.1) is 0 Å². The zero-order chi connectivity index (χ0) is 14.4. The molecular weight excluding hydrogens is 248 g/mol. The van der Waals surface area contributed by atoms with E-state index in [0.29, 0.717) is 12.5 Å². The Kier molecular flexibility index (Phi) is 4.99. The predicted molar refractivity (Wildman–Crippen MR) is 83.8 cm³/mol. The highest BCUT2D eigenvalue weighted by molar-refractivity contribution is 5.83. The molecule has 1 atom stereocenters. The average molecular weight is 270 g/mol. The molecular formula is C17H22N2O. The summed E-state index contributed by atoms with van der Waals surface area (Å²) >= 11 is 0. The van der Waals surface area contributed by atoms with E-state index in [2.05, 4.69) is 48.6 Å². The molecule has 1 unspecified atom stereocenters. The van der Waals surface area contributed by atoms with Crippen LogP contribution in [0.15, 0.2) is 42.5 Å². The van der Waals surface area contributed by atoms with Crippen molar-refractivity contribution in [1.29, 1.82) is 0 Å². The molecule has 106 valence electrons. The van der Waals surface area contributed by atoms with Crippen LogP contribution in [0, 0.1) is 0 Å². The van der Waals surface area contributed by atoms with Crippen LogP contribution in [0.4, 0.5) is 4.79 Å². The molecule has 2 aromatic rings. The van der Waals surface area contributed by atoms with Crippen LogP contribution >= 0.6 is 0 Å². The van der Waals surface area contributed by atoms with Crippen LogP contribution in [0.2, 0.25) is 0 Å². The summed E-state index contributed by atoms with van der Waals surface area (Å²) in [6.07, 6.45) is 3.37. The van der Waals surface area contributed by atoms with Gasteiger partial charge in [-0.2, -0.15) is 0 Å². The molecule has 0 spiro atoms. The largest absolute Gasteiger partial charge is 0.352 e. The zero-order valence-corrected chi connectivity index (χ0v) is 11.9. The molecule has 0 aliphatic heterocycles. The summed E-state index contributed by atoms with van der Waals surface area (Å²) in [4.78, 5) is 10.9. The molecule has 20 heavy (non-hydrogen) atoms. The first kappa shape index (κ1) is 14.4. The normalized spacial score (nSPS) is 12.2. The number of hydrogen-bond donors (Lipinski definition) is 2. The molecule has 0 heterocycles. The van der Waals surface area contributed by atoms with E-state index in [4.69, 9.17) is 5.73 Å². The number of urea groups is 1. The Morgan fingerprint density at radius 3 is 2.65 bits per heavy atom. The number of nitrogens with two attached hydrogens (primary N) is 1. The molecule has 2 aromatic carbocycles. The van der Waals surface area contributed by atoms with E-state index in [1.165, 1.54) is 16.3 Å². The first-order valence-corrected chi connectivity index (χ1v) is 7.22. The van der Waals surface area contributed by atoms with Crippen LogP contribution in [0.3, 0.4) is 0 Å². The Balaban J connectivity index is 2.21. The number of fused-ring (bicyclic) bond motifs is 1. The van der Waals surface area contributed by atoms with Crippen molar-refractivity contribution in [3.63, 3.8) is 0 Å². The minimum Gasteiger partial charge on any atom is -0.352 e. The standard InChI is InChI=1S/C17H22N2O/c1-2-3-6-16(12-19-17(18)20)15-10-9-13-7-4-5-8-14(13)11-15/h4-5,7-11,16H,2-3,6,12H2,1H3,(H3,18,19,20). The highest BCUT2D eigenvalue weighted by atomic mass is 16.2. The summed E-state index contributed by atoms with van der Waals surface area (Å²) in [5.74, 6) is 0.326. The van der Waals surface area contributed by atoms with Gasteiger partial charge in [-0.05, 0) is 22.8 Å². The molecule has 0 radical (unpaired) electrons. The number of unbranched alkanes of at least 4 members (excludes halogenated alkanes) is 1. The fraction of sp³-hybridized carbons (Fsp3) is 0.353. The summed E-state index contributed by atoms with van der Waals surface area (Å²) in [5, 5.41) is 5.23. The molecule has 0 saturated heterocycles. The summed E-state index contributed by atoms with van der Waals surface area (Å²) in [6, 6.07) is 14.4. The van der Waals surface area contributed by atoms with Gasteiger partial charge in [0.1, 0.15) is 0 Å². The summed E-state index contributed by atoms with van der Waals surface area (Å²) in [6.45, 7) is 2.78. The number of carbonyl (C=O) groups is 1. The van der Waals surface area contributed by atoms with Crippen molar-refractivity contribution in [2.24, 2.45) is 5.73 Å². The lowest BCUT2D eigenvalue weighted by Crippen LogP contribution is -2.33. The van der Waals surface area contributed by atoms with Crippen LogP contribution < -0.4 is 11.1 Å². The highest BCUT2D eigenvalue weighted by Gasteiger charge is 2.12. The number of amides is 2. The first-order chi connectivity index (χ1) is 9.70. The Bertz CT molecular complexity index is 580. The van der Waals surface area contributed by atoms with Crippen LogP contribution in [0.1, 0.15) is 37.7 Å². The van der Waals surface area contributed by atoms with Crippen LogP contribution in [0.25, 0.3) is 10.8 Å². The van der Waals surface area contributed by atoms with Crippen molar-refractivity contribution < 1.29 is 4.79 Å². The molecule has 2 rings (SSSR count). The number of primary amides is 1. The molecule has 0 aromatic heterocycles. The van der Waals surface area contributed by atoms with Gasteiger partial charge in [0, 0.05) is 12.5 Å². The van der Waals surface area contributed by atoms with E-state index in [9.17, 15) is 4.79 Å². The number of rotatable bonds is 6. The van der Waals surface area contributed by atoms with E-state index in [1.807, 2.05) is 6.07 Å². The fourth-order valence-electron chi connectivity index (χ4n) is 2.52. The summed E-state index contributed by atoms with van der Waals surface area (Å²) in [5.41, 5.74) is 6.46. The summed E-state index contributed by atoms with van der Waals surface area (Å²) in [7, 11) is 0. The van der Waals surface area contributed by atoms with Gasteiger partial charge in [0.25, 0.3) is 0 Å². The highest BCUT2D eigenvalue weighted by Crippen LogP contribution is 2.25. The van der Waals surface area contributed by atoms with Crippen molar-refractivity contribution >= 4 is 16.8 Å². The average Bonchev–Trinajstić information content (AvgIpc) is 2.46. The predicted octanol–water partition coefficient (Wildman–Crippen LogP) is 3.78. The van der Waals surface area contributed by atoms with Gasteiger partial charge in [0.15, 0.2) is 0 Å². The summed E-state index contributed by atoms with van der Waals surface area (Å²) < 4.78 is 0. The first-order valence-electron chi connectivity index (χ1n) is 7.22. The topological polar surface area (TPSA) is 55.1 Å². The minimum absolute atomic E-state index is 0.326. The number of nitrogens with one attached hydrogen (secondary N) is 1. The third-order valence-electron chi connectivity index (χ3n) is 3.67. The van der Waals surface area contributed by atoms with E-state index in [0.717, 1.165) is 19.3 Å². The lowest BCUT2D eigenvalue weighted by Gasteiger charge is -2.18. The molecule has 0 saturated carbocycles. The second-order valence-electron chi connectivity index (χ2n) is 5.19. The van der Waals surface area contributed by atoms with Gasteiger partial charge >= 0.3 is 6.03 Å². The Hall–Kier alpha value is -2.03. The van der Waals surface area contributed by atoms with Gasteiger partial charge in [-0.15, -0.1) is 0 Å². The smallest absolute Gasteiger partial charge is 0.312 e. The van der Waals surface area contributed by atoms with Crippen molar-refractivity contribution in [2.75, 3.05) is 6.54 Å². The van der Waals surface area contributed by atoms with Gasteiger partial charge < -0.3 is 11.1 Å². The molecule has 0 aliphatic rings.